The van der Waals surface area contributed by atoms with E-state index < -0.39 is 27.9 Å². The molecule has 0 aliphatic rings. The fourth-order valence-corrected chi connectivity index (χ4v) is 4.63. The number of halogens is 1. The van der Waals surface area contributed by atoms with Crippen LogP contribution in [-0.2, 0) is 30.1 Å². The highest BCUT2D eigenvalue weighted by Gasteiger charge is 2.29. The Kier molecular flexibility index (Phi) is 22.7. The molecule has 1 amide bonds. The number of ketones is 1. The minimum atomic E-state index is -1.53. The summed E-state index contributed by atoms with van der Waals surface area (Å²) in [5.74, 6) is 1.16. The number of aldehydes is 1. The summed E-state index contributed by atoms with van der Waals surface area (Å²) in [5, 5.41) is 2.73. The van der Waals surface area contributed by atoms with Crippen LogP contribution in [0.5, 0.6) is 5.75 Å². The van der Waals surface area contributed by atoms with E-state index >= 15 is 0 Å². The molecule has 0 aliphatic heterocycles. The van der Waals surface area contributed by atoms with Crippen molar-refractivity contribution in [3.63, 3.8) is 0 Å². The second kappa shape index (κ2) is 22.9. The van der Waals surface area contributed by atoms with E-state index in [1.165, 1.54) is 13.0 Å². The Morgan fingerprint density at radius 2 is 1.73 bits per heavy atom. The molecule has 1 aromatic rings. The summed E-state index contributed by atoms with van der Waals surface area (Å²) in [5.41, 5.74) is 0.570. The van der Waals surface area contributed by atoms with Gasteiger partial charge in [-0.05, 0) is 69.2 Å². The summed E-state index contributed by atoms with van der Waals surface area (Å²) in [6, 6.07) is 5.70. The van der Waals surface area contributed by atoms with Crippen LogP contribution < -0.4 is 14.8 Å². The first-order valence-corrected chi connectivity index (χ1v) is 16.8. The van der Waals surface area contributed by atoms with Crippen LogP contribution in [0.15, 0.2) is 42.7 Å². The average Bonchev–Trinajstić information content (AvgIpc) is 2.96. The number of rotatable bonds is 17. The SMILES string of the molecule is C=C(OC(CC(C)C)C(C)=O)C(C)(C)CNS(=O)C(C)NC(=O)/C=C/CC(C)C(C)C=O.CC.COc1ccc(C)cc1Cl. The van der Waals surface area contributed by atoms with E-state index in [2.05, 4.69) is 16.6 Å². The van der Waals surface area contributed by atoms with Crippen LogP contribution >= 0.6 is 11.6 Å². The summed E-state index contributed by atoms with van der Waals surface area (Å²) >= 11 is 5.80. The molecule has 0 fully saturated rings. The minimum absolute atomic E-state index is 0.0495. The molecule has 252 valence electrons. The van der Waals surface area contributed by atoms with Crippen molar-refractivity contribution in [2.45, 2.75) is 100 Å². The van der Waals surface area contributed by atoms with E-state index in [-0.39, 0.29) is 23.5 Å². The van der Waals surface area contributed by atoms with Gasteiger partial charge in [0.05, 0.1) is 17.9 Å². The van der Waals surface area contributed by atoms with Gasteiger partial charge in [-0.2, -0.15) is 0 Å². The number of benzene rings is 1. The Hall–Kier alpha value is -2.49. The second-order valence-corrected chi connectivity index (χ2v) is 13.7. The van der Waals surface area contributed by atoms with Crippen molar-refractivity contribution in [3.8, 4) is 5.75 Å². The number of hydrogen-bond acceptors (Lipinski definition) is 6. The third-order valence-electron chi connectivity index (χ3n) is 6.70. The zero-order chi connectivity index (χ0) is 34.6. The van der Waals surface area contributed by atoms with Crippen LogP contribution in [-0.4, -0.2) is 47.3 Å². The smallest absolute Gasteiger partial charge is 0.244 e. The first-order chi connectivity index (χ1) is 20.4. The average molecular weight is 657 g/mol. The fraction of sp³-hybridized carbons (Fsp3) is 0.618. The molecule has 10 heteroatoms. The molecule has 5 unspecified atom stereocenters. The number of hydrogen-bond donors (Lipinski definition) is 2. The van der Waals surface area contributed by atoms with E-state index in [0.717, 1.165) is 17.6 Å². The first-order valence-electron chi connectivity index (χ1n) is 15.2. The van der Waals surface area contributed by atoms with Gasteiger partial charge in [-0.3, -0.25) is 9.59 Å². The van der Waals surface area contributed by atoms with Gasteiger partial charge in [0.15, 0.2) is 11.9 Å². The standard InChI is InChI=1S/C24H42N2O5S.C8H9ClO.C2H6/c1-16(2)13-22(19(5)28)31-20(6)24(8,9)15-25-32(30)21(7)26-23(29)12-10-11-17(3)18(4)14-27;1-6-3-4-8(10-2)7(9)5-6;1-2/h10,12,14,16-18,21-22,25H,6,11,13,15H2,1-5,7-9H3,(H,26,29);3-5H,1-2H3;1-2H3/b12-10+;;. The third kappa shape index (κ3) is 18.3. The Morgan fingerprint density at radius 1 is 1.14 bits per heavy atom. The summed E-state index contributed by atoms with van der Waals surface area (Å²) in [6.45, 7) is 25.0. The van der Waals surface area contributed by atoms with Crippen LogP contribution in [0.4, 0.5) is 0 Å². The molecule has 0 saturated heterocycles. The van der Waals surface area contributed by atoms with Gasteiger partial charge in [0.2, 0.25) is 5.91 Å². The molecule has 0 aromatic heterocycles. The van der Waals surface area contributed by atoms with E-state index in [0.29, 0.717) is 36.1 Å². The Labute approximate surface area is 274 Å². The maximum Gasteiger partial charge on any atom is 0.244 e. The number of carbonyl (C=O) groups excluding carboxylic acids is 3. The van der Waals surface area contributed by atoms with Crippen LogP contribution in [0.2, 0.25) is 5.02 Å². The largest absolute Gasteiger partial charge is 0.495 e. The van der Waals surface area contributed by atoms with E-state index in [9.17, 15) is 18.6 Å². The third-order valence-corrected chi connectivity index (χ3v) is 8.18. The molecule has 2 N–H and O–H groups in total. The molecule has 0 radical (unpaired) electrons. The van der Waals surface area contributed by atoms with Crippen LogP contribution in [0.3, 0.4) is 0 Å². The van der Waals surface area contributed by atoms with Gasteiger partial charge >= 0.3 is 0 Å². The highest BCUT2D eigenvalue weighted by atomic mass is 35.5. The lowest BCUT2D eigenvalue weighted by molar-refractivity contribution is -0.127. The maximum atomic E-state index is 12.5. The van der Waals surface area contributed by atoms with Crippen molar-refractivity contribution in [3.05, 3.63) is 53.3 Å². The molecule has 1 aromatic carbocycles. The molecule has 0 saturated carbocycles. The number of aryl methyl sites for hydroxylation is 1. The quantitative estimate of drug-likeness (QED) is 0.103. The van der Waals surface area contributed by atoms with Crippen molar-refractivity contribution in [2.75, 3.05) is 13.7 Å². The Bertz CT molecular complexity index is 1090. The van der Waals surface area contributed by atoms with Crippen molar-refractivity contribution < 1.29 is 28.1 Å². The Morgan fingerprint density at radius 3 is 2.20 bits per heavy atom. The predicted octanol–water partition coefficient (Wildman–Crippen LogP) is 7.36. The normalized spacial score (nSPS) is 14.5. The number of amides is 1. The van der Waals surface area contributed by atoms with Gasteiger partial charge in [-0.25, -0.2) is 8.93 Å². The van der Waals surface area contributed by atoms with Gasteiger partial charge in [0.25, 0.3) is 0 Å². The number of nitrogens with one attached hydrogen (secondary N) is 2. The van der Waals surface area contributed by atoms with E-state index in [1.807, 2.05) is 80.5 Å². The number of allylic oxidation sites excluding steroid dienone is 1. The molecular formula is C34H57ClN2O6S. The van der Waals surface area contributed by atoms with Crippen molar-refractivity contribution in [1.29, 1.82) is 0 Å². The lowest BCUT2D eigenvalue weighted by Gasteiger charge is -2.31. The maximum absolute atomic E-state index is 12.5. The predicted molar refractivity (Wildman–Crippen MR) is 184 cm³/mol. The topological polar surface area (TPSA) is 111 Å². The zero-order valence-corrected chi connectivity index (χ0v) is 30.5. The highest BCUT2D eigenvalue weighted by Crippen LogP contribution is 2.28. The summed E-state index contributed by atoms with van der Waals surface area (Å²) in [6.07, 6.45) is 4.69. The summed E-state index contributed by atoms with van der Waals surface area (Å²) in [4.78, 5) is 34.7. The Balaban J connectivity index is 0. The number of methoxy groups -OCH3 is 1. The van der Waals surface area contributed by atoms with E-state index in [1.54, 1.807) is 20.1 Å². The van der Waals surface area contributed by atoms with Gasteiger partial charge in [-0.15, -0.1) is 0 Å². The lowest BCUT2D eigenvalue weighted by Crippen LogP contribution is -2.43. The van der Waals surface area contributed by atoms with E-state index in [4.69, 9.17) is 21.1 Å². The molecule has 0 spiro atoms. The van der Waals surface area contributed by atoms with Crippen LogP contribution in [0.1, 0.15) is 87.6 Å². The lowest BCUT2D eigenvalue weighted by atomic mass is 9.91. The molecule has 5 atom stereocenters. The van der Waals surface area contributed by atoms with Crippen LogP contribution in [0.25, 0.3) is 0 Å². The number of Topliss-reactive ketones (excluding diaryl/α,β-unsaturated/α-hetero) is 1. The molecule has 0 aliphatic carbocycles. The number of ether oxygens (including phenoxy) is 2. The summed E-state index contributed by atoms with van der Waals surface area (Å²) < 4.78 is 26.3. The molecular weight excluding hydrogens is 600 g/mol. The van der Waals surface area contributed by atoms with Gasteiger partial charge in [0, 0.05) is 17.9 Å². The zero-order valence-electron chi connectivity index (χ0n) is 28.9. The molecule has 0 bridgehead atoms. The van der Waals surface area contributed by atoms with Crippen molar-refractivity contribution >= 4 is 40.6 Å². The molecule has 0 heterocycles. The first kappa shape index (κ1) is 43.6. The van der Waals surface area contributed by atoms with Gasteiger partial charge < -0.3 is 19.6 Å². The molecule has 8 nitrogen and oxygen atoms in total. The molecule has 1 rings (SSSR count). The molecule has 44 heavy (non-hydrogen) atoms. The monoisotopic (exact) mass is 656 g/mol. The van der Waals surface area contributed by atoms with Gasteiger partial charge in [-0.1, -0.05) is 85.7 Å². The number of carbonyl (C=O) groups is 3. The van der Waals surface area contributed by atoms with Crippen molar-refractivity contribution in [1.82, 2.24) is 10.0 Å². The minimum Gasteiger partial charge on any atom is -0.495 e. The highest BCUT2D eigenvalue weighted by molar-refractivity contribution is 7.83. The fourth-order valence-electron chi connectivity index (χ4n) is 3.34. The van der Waals surface area contributed by atoms with Crippen molar-refractivity contribution in [2.24, 2.45) is 23.2 Å². The van der Waals surface area contributed by atoms with Crippen LogP contribution in [0, 0.1) is 30.1 Å². The second-order valence-electron chi connectivity index (χ2n) is 11.7. The van der Waals surface area contributed by atoms with Gasteiger partial charge in [0.1, 0.15) is 28.4 Å². The summed E-state index contributed by atoms with van der Waals surface area (Å²) in [7, 11) is 0.0799.